The number of likely N-dealkylation sites (tertiary alicyclic amines) is 1. The summed E-state index contributed by atoms with van der Waals surface area (Å²) in [6.45, 7) is 1.74. The number of aliphatic carboxylic acids is 1. The van der Waals surface area contributed by atoms with Gasteiger partial charge in [0.25, 0.3) is 5.91 Å². The molecule has 1 N–H and O–H groups in total. The van der Waals surface area contributed by atoms with Crippen LogP contribution in [0.4, 0.5) is 0 Å². The molecule has 1 aliphatic heterocycles. The molecule has 7 heteroatoms. The van der Waals surface area contributed by atoms with Crippen LogP contribution in [-0.2, 0) is 14.6 Å². The fraction of sp³-hybridized carbons (Fsp3) is 0.556. The lowest BCUT2D eigenvalue weighted by atomic mass is 9.84. The largest absolute Gasteiger partial charge is 0.480 e. The smallest absolute Gasteiger partial charge is 0.326 e. The highest BCUT2D eigenvalue weighted by Gasteiger charge is 2.47. The minimum absolute atomic E-state index is 0.0661. The fourth-order valence-electron chi connectivity index (χ4n) is 4.17. The average molecular weight is 365 g/mol. The van der Waals surface area contributed by atoms with E-state index in [0.717, 1.165) is 31.9 Å². The minimum atomic E-state index is -3.44. The van der Waals surface area contributed by atoms with Gasteiger partial charge in [0.05, 0.1) is 4.90 Å². The van der Waals surface area contributed by atoms with Crippen molar-refractivity contribution in [3.05, 3.63) is 29.3 Å². The molecule has 25 heavy (non-hydrogen) atoms. The van der Waals surface area contributed by atoms with Crippen LogP contribution < -0.4 is 0 Å². The number of amides is 1. The number of aryl methyl sites for hydroxylation is 1. The second kappa shape index (κ2) is 6.44. The second-order valence-electron chi connectivity index (χ2n) is 7.16. The number of rotatable bonds is 3. The van der Waals surface area contributed by atoms with Gasteiger partial charge >= 0.3 is 5.97 Å². The van der Waals surface area contributed by atoms with Crippen LogP contribution >= 0.6 is 0 Å². The zero-order valence-corrected chi connectivity index (χ0v) is 15.3. The van der Waals surface area contributed by atoms with E-state index in [4.69, 9.17) is 0 Å². The number of carbonyl (C=O) groups excluding carboxylic acids is 1. The molecule has 3 atom stereocenters. The molecule has 1 heterocycles. The molecule has 0 bridgehead atoms. The summed E-state index contributed by atoms with van der Waals surface area (Å²) in [5.74, 6) is -1.14. The summed E-state index contributed by atoms with van der Waals surface area (Å²) in [7, 11) is -3.44. The van der Waals surface area contributed by atoms with Crippen molar-refractivity contribution in [3.8, 4) is 0 Å². The van der Waals surface area contributed by atoms with Crippen molar-refractivity contribution >= 4 is 21.7 Å². The van der Waals surface area contributed by atoms with E-state index in [1.807, 2.05) is 0 Å². The van der Waals surface area contributed by atoms with Crippen LogP contribution in [0.5, 0.6) is 0 Å². The van der Waals surface area contributed by atoms with E-state index >= 15 is 0 Å². The summed E-state index contributed by atoms with van der Waals surface area (Å²) in [6, 6.07) is 3.56. The zero-order valence-electron chi connectivity index (χ0n) is 14.4. The Bertz CT molecular complexity index is 817. The number of nitrogens with zero attached hydrogens (tertiary/aromatic N) is 1. The third kappa shape index (κ3) is 3.29. The van der Waals surface area contributed by atoms with Gasteiger partial charge in [-0.2, -0.15) is 0 Å². The Balaban J connectivity index is 2.02. The molecule has 0 radical (unpaired) electrons. The standard InChI is InChI=1S/C18H23NO5S/c1-11-7-8-13(25(2,23)24)10-14(11)17(20)19-15-6-4-3-5-12(15)9-16(19)18(21)22/h7-8,10,12,15-16H,3-6,9H2,1-2H3,(H,21,22)/t12-,15-,16-/m0/s1. The van der Waals surface area contributed by atoms with Gasteiger partial charge in [0.2, 0.25) is 0 Å². The molecule has 1 aliphatic carbocycles. The van der Waals surface area contributed by atoms with Gasteiger partial charge in [0, 0.05) is 17.9 Å². The van der Waals surface area contributed by atoms with E-state index in [1.54, 1.807) is 13.0 Å². The molecular weight excluding hydrogens is 342 g/mol. The molecule has 1 aromatic carbocycles. The van der Waals surface area contributed by atoms with Gasteiger partial charge < -0.3 is 10.0 Å². The summed E-state index contributed by atoms with van der Waals surface area (Å²) in [4.78, 5) is 26.5. The van der Waals surface area contributed by atoms with E-state index in [2.05, 4.69) is 0 Å². The number of hydrogen-bond acceptors (Lipinski definition) is 4. The van der Waals surface area contributed by atoms with Crippen molar-refractivity contribution in [2.45, 2.75) is 56.0 Å². The van der Waals surface area contributed by atoms with Crippen molar-refractivity contribution < 1.29 is 23.1 Å². The first-order valence-electron chi connectivity index (χ1n) is 8.56. The summed E-state index contributed by atoms with van der Waals surface area (Å²) in [6.07, 6.45) is 5.39. The Kier molecular flexibility index (Phi) is 4.62. The van der Waals surface area contributed by atoms with Gasteiger partial charge in [0.1, 0.15) is 6.04 Å². The maximum Gasteiger partial charge on any atom is 0.326 e. The normalized spacial score (nSPS) is 26.3. The van der Waals surface area contributed by atoms with Gasteiger partial charge in [-0.3, -0.25) is 4.79 Å². The number of fused-ring (bicyclic) bond motifs is 1. The number of carbonyl (C=O) groups is 2. The molecule has 1 amide bonds. The Hall–Kier alpha value is -1.89. The highest BCUT2D eigenvalue weighted by Crippen LogP contribution is 2.40. The molecule has 1 aromatic rings. The molecule has 0 unspecified atom stereocenters. The van der Waals surface area contributed by atoms with Crippen LogP contribution in [0.3, 0.4) is 0 Å². The van der Waals surface area contributed by atoms with E-state index in [1.165, 1.54) is 17.0 Å². The van der Waals surface area contributed by atoms with Crippen LogP contribution in [0, 0.1) is 12.8 Å². The first-order chi connectivity index (χ1) is 11.7. The van der Waals surface area contributed by atoms with Gasteiger partial charge in [-0.25, -0.2) is 13.2 Å². The van der Waals surface area contributed by atoms with E-state index in [9.17, 15) is 23.1 Å². The van der Waals surface area contributed by atoms with Crippen LogP contribution in [-0.4, -0.2) is 48.6 Å². The Labute approximate surface area is 147 Å². The van der Waals surface area contributed by atoms with Crippen molar-refractivity contribution in [2.24, 2.45) is 5.92 Å². The molecule has 1 saturated carbocycles. The van der Waals surface area contributed by atoms with Crippen molar-refractivity contribution in [3.63, 3.8) is 0 Å². The van der Waals surface area contributed by atoms with Crippen molar-refractivity contribution in [1.82, 2.24) is 4.90 Å². The van der Waals surface area contributed by atoms with E-state index in [-0.39, 0.29) is 28.3 Å². The summed E-state index contributed by atoms with van der Waals surface area (Å²) in [5, 5.41) is 9.59. The summed E-state index contributed by atoms with van der Waals surface area (Å²) in [5.41, 5.74) is 0.932. The number of sulfone groups is 1. The third-order valence-electron chi connectivity index (χ3n) is 5.48. The number of benzene rings is 1. The Morgan fingerprint density at radius 3 is 2.52 bits per heavy atom. The van der Waals surface area contributed by atoms with Crippen LogP contribution in [0.1, 0.15) is 48.0 Å². The number of carboxylic acid groups (broad SMARTS) is 1. The predicted molar refractivity (Wildman–Crippen MR) is 92.2 cm³/mol. The topological polar surface area (TPSA) is 91.8 Å². The quantitative estimate of drug-likeness (QED) is 0.887. The lowest BCUT2D eigenvalue weighted by Crippen LogP contribution is -2.46. The Morgan fingerprint density at radius 1 is 1.20 bits per heavy atom. The molecule has 136 valence electrons. The second-order valence-corrected chi connectivity index (χ2v) is 9.18. The lowest BCUT2D eigenvalue weighted by Gasteiger charge is -2.33. The van der Waals surface area contributed by atoms with Crippen molar-refractivity contribution in [1.29, 1.82) is 0 Å². The maximum absolute atomic E-state index is 13.2. The summed E-state index contributed by atoms with van der Waals surface area (Å²) >= 11 is 0. The number of carboxylic acids is 1. The minimum Gasteiger partial charge on any atom is -0.480 e. The predicted octanol–water partition coefficient (Wildman–Crippen LogP) is 2.26. The average Bonchev–Trinajstić information content (AvgIpc) is 2.93. The summed E-state index contributed by atoms with van der Waals surface area (Å²) < 4.78 is 23.6. The lowest BCUT2D eigenvalue weighted by molar-refractivity contribution is -0.141. The monoisotopic (exact) mass is 365 g/mol. The molecule has 2 aliphatic rings. The molecule has 1 saturated heterocycles. The SMILES string of the molecule is Cc1ccc(S(C)(=O)=O)cc1C(=O)N1[C@H](C(=O)O)C[C@@H]2CCCC[C@@H]21. The number of hydrogen-bond donors (Lipinski definition) is 1. The van der Waals surface area contributed by atoms with Gasteiger partial charge in [-0.15, -0.1) is 0 Å². The maximum atomic E-state index is 13.2. The molecule has 0 spiro atoms. The van der Waals surface area contributed by atoms with Crippen LogP contribution in [0.2, 0.25) is 0 Å². The van der Waals surface area contributed by atoms with Gasteiger partial charge in [-0.05, 0) is 49.8 Å². The van der Waals surface area contributed by atoms with E-state index in [0.29, 0.717) is 12.0 Å². The highest BCUT2D eigenvalue weighted by molar-refractivity contribution is 7.90. The Morgan fingerprint density at radius 2 is 1.88 bits per heavy atom. The van der Waals surface area contributed by atoms with Gasteiger partial charge in [0.15, 0.2) is 9.84 Å². The third-order valence-corrected chi connectivity index (χ3v) is 6.59. The van der Waals surface area contributed by atoms with Crippen molar-refractivity contribution in [2.75, 3.05) is 6.26 Å². The van der Waals surface area contributed by atoms with E-state index < -0.39 is 21.8 Å². The molecule has 3 rings (SSSR count). The fourth-order valence-corrected chi connectivity index (χ4v) is 4.82. The molecule has 6 nitrogen and oxygen atoms in total. The molecular formula is C18H23NO5S. The first-order valence-corrected chi connectivity index (χ1v) is 10.5. The van der Waals surface area contributed by atoms with Crippen LogP contribution in [0.25, 0.3) is 0 Å². The molecule has 2 fully saturated rings. The first kappa shape index (κ1) is 17.9. The van der Waals surface area contributed by atoms with Gasteiger partial charge in [-0.1, -0.05) is 18.9 Å². The van der Waals surface area contributed by atoms with Crippen LogP contribution in [0.15, 0.2) is 23.1 Å². The zero-order chi connectivity index (χ0) is 18.4. The highest BCUT2D eigenvalue weighted by atomic mass is 32.2. The molecule has 0 aromatic heterocycles.